The Hall–Kier alpha value is -3.08. The monoisotopic (exact) mass is 536 g/mol. The third kappa shape index (κ3) is 8.48. The Morgan fingerprint density at radius 2 is 1.81 bits per heavy atom. The summed E-state index contributed by atoms with van der Waals surface area (Å²) in [4.78, 5) is 14.8. The molecule has 0 saturated carbocycles. The van der Waals surface area contributed by atoms with Crippen LogP contribution in [0.1, 0.15) is 39.0 Å². The summed E-state index contributed by atoms with van der Waals surface area (Å²) < 4.78 is 45.3. The highest BCUT2D eigenvalue weighted by Crippen LogP contribution is 2.37. The van der Waals surface area contributed by atoms with E-state index in [1.165, 1.54) is 23.5 Å². The number of aromatic hydroxyl groups is 1. The number of phenols is 1. The molecule has 3 aromatic rings. The highest BCUT2D eigenvalue weighted by Gasteiger charge is 2.34. The normalized spacial score (nSPS) is 13.5. The van der Waals surface area contributed by atoms with Crippen LogP contribution < -0.4 is 10.5 Å². The van der Waals surface area contributed by atoms with Crippen LogP contribution in [-0.2, 0) is 19.0 Å². The number of aryl methyl sites for hydroxylation is 1. The predicted octanol–water partition coefficient (Wildman–Crippen LogP) is 4.88. The number of aliphatic hydroxyl groups excluding tert-OH is 1. The van der Waals surface area contributed by atoms with Crippen LogP contribution in [0, 0.1) is 0 Å². The van der Waals surface area contributed by atoms with Crippen molar-refractivity contribution in [1.82, 2.24) is 4.90 Å². The van der Waals surface area contributed by atoms with Crippen molar-refractivity contribution in [3.05, 3.63) is 81.5 Å². The Balaban J connectivity index is 1.68. The topological polar surface area (TPSA) is 96.0 Å². The number of thiophene rings is 1. The van der Waals surface area contributed by atoms with Crippen LogP contribution in [-0.4, -0.2) is 52.9 Å². The first-order valence-corrected chi connectivity index (χ1v) is 12.7. The first kappa shape index (κ1) is 28.5. The van der Waals surface area contributed by atoms with Crippen molar-refractivity contribution in [1.29, 1.82) is 0 Å². The molecule has 0 saturated heterocycles. The molecule has 0 radical (unpaired) electrons. The second-order valence-corrected chi connectivity index (χ2v) is 10.0. The average Bonchev–Trinajstić information content (AvgIpc) is 3.34. The van der Waals surface area contributed by atoms with Crippen molar-refractivity contribution < 1.29 is 32.9 Å². The Bertz CT molecular complexity index is 1150. The molecule has 0 aliphatic heterocycles. The van der Waals surface area contributed by atoms with Gasteiger partial charge >= 0.3 is 6.18 Å². The van der Waals surface area contributed by atoms with Gasteiger partial charge in [0.2, 0.25) is 0 Å². The predicted molar refractivity (Wildman–Crippen MR) is 137 cm³/mol. The van der Waals surface area contributed by atoms with Crippen molar-refractivity contribution in [3.63, 3.8) is 0 Å². The maximum Gasteiger partial charge on any atom is 0.419 e. The minimum absolute atomic E-state index is 0.0505. The zero-order valence-corrected chi connectivity index (χ0v) is 21.3. The number of aliphatic hydroxyl groups is 1. The third-order valence-corrected chi connectivity index (χ3v) is 7.22. The fourth-order valence-corrected chi connectivity index (χ4v) is 4.86. The molecule has 0 fully saturated rings. The van der Waals surface area contributed by atoms with E-state index in [4.69, 9.17) is 10.5 Å². The molecule has 4 N–H and O–H groups in total. The molecule has 6 nitrogen and oxygen atoms in total. The lowest BCUT2D eigenvalue weighted by atomic mass is 10.0. The summed E-state index contributed by atoms with van der Waals surface area (Å²) in [6, 6.07) is 16.2. The van der Waals surface area contributed by atoms with Crippen LogP contribution >= 0.6 is 11.3 Å². The Morgan fingerprint density at radius 3 is 2.46 bits per heavy atom. The standard InChI is InChI=1S/C27H31F3N2O4S/c1-18(10-11-22-12-13-24(37-22)26(31)35)32(16-20(33)17-36-21-7-3-2-4-8-21)15-14-19-6-5-9-23(25(19)34)27(28,29)30/h2-9,12-13,18,20,33-34H,10-11,14-17H2,1H3,(H2,31,35). The summed E-state index contributed by atoms with van der Waals surface area (Å²) in [7, 11) is 0. The molecule has 0 bridgehead atoms. The molecule has 200 valence electrons. The van der Waals surface area contributed by atoms with Gasteiger partial charge in [-0.1, -0.05) is 30.3 Å². The molecular weight excluding hydrogens is 505 g/mol. The van der Waals surface area contributed by atoms with Crippen molar-refractivity contribution in [3.8, 4) is 11.5 Å². The van der Waals surface area contributed by atoms with Crippen LogP contribution in [0.5, 0.6) is 11.5 Å². The summed E-state index contributed by atoms with van der Waals surface area (Å²) >= 11 is 1.33. The van der Waals surface area contributed by atoms with Gasteiger partial charge in [-0.25, -0.2) is 0 Å². The molecule has 1 amide bonds. The second kappa shape index (κ2) is 12.9. The summed E-state index contributed by atoms with van der Waals surface area (Å²) in [6.07, 6.45) is -3.98. The van der Waals surface area contributed by atoms with E-state index in [0.29, 0.717) is 30.0 Å². The number of nitrogens with two attached hydrogens (primary N) is 1. The molecule has 2 unspecified atom stereocenters. The summed E-state index contributed by atoms with van der Waals surface area (Å²) in [5.41, 5.74) is 4.45. The maximum atomic E-state index is 13.2. The summed E-state index contributed by atoms with van der Waals surface area (Å²) in [5.74, 6) is -0.625. The second-order valence-electron chi connectivity index (χ2n) is 8.85. The minimum atomic E-state index is -4.65. The van der Waals surface area contributed by atoms with Gasteiger partial charge in [-0.05, 0) is 62.1 Å². The van der Waals surface area contributed by atoms with Crippen LogP contribution in [0.3, 0.4) is 0 Å². The van der Waals surface area contributed by atoms with Gasteiger partial charge in [0.05, 0.1) is 10.4 Å². The van der Waals surface area contributed by atoms with Gasteiger partial charge in [0, 0.05) is 24.0 Å². The molecular formula is C27H31F3N2O4S. The van der Waals surface area contributed by atoms with Gasteiger partial charge in [0.15, 0.2) is 0 Å². The average molecular weight is 537 g/mol. The zero-order valence-electron chi connectivity index (χ0n) is 20.4. The number of hydrogen-bond acceptors (Lipinski definition) is 6. The number of alkyl halides is 3. The lowest BCUT2D eigenvalue weighted by Gasteiger charge is -2.31. The zero-order chi connectivity index (χ0) is 27.0. The molecule has 1 heterocycles. The largest absolute Gasteiger partial charge is 0.507 e. The van der Waals surface area contributed by atoms with Crippen molar-refractivity contribution >= 4 is 17.2 Å². The Morgan fingerprint density at radius 1 is 1.08 bits per heavy atom. The number of primary amides is 1. The lowest BCUT2D eigenvalue weighted by molar-refractivity contribution is -0.138. The van der Waals surface area contributed by atoms with Crippen molar-refractivity contribution in [2.24, 2.45) is 5.73 Å². The number of rotatable bonds is 13. The summed E-state index contributed by atoms with van der Waals surface area (Å²) in [5, 5.41) is 20.9. The van der Waals surface area contributed by atoms with Crippen molar-refractivity contribution in [2.75, 3.05) is 19.7 Å². The van der Waals surface area contributed by atoms with Gasteiger partial charge in [-0.3, -0.25) is 9.69 Å². The van der Waals surface area contributed by atoms with E-state index in [-0.39, 0.29) is 31.2 Å². The van der Waals surface area contributed by atoms with Gasteiger partial charge in [0.25, 0.3) is 5.91 Å². The van der Waals surface area contributed by atoms with E-state index < -0.39 is 29.5 Å². The van der Waals surface area contributed by atoms with Crippen LogP contribution in [0.25, 0.3) is 0 Å². The van der Waals surface area contributed by atoms with Crippen LogP contribution in [0.2, 0.25) is 0 Å². The number of para-hydroxylation sites is 2. The quantitative estimate of drug-likeness (QED) is 0.290. The lowest BCUT2D eigenvalue weighted by Crippen LogP contribution is -2.42. The first-order valence-electron chi connectivity index (χ1n) is 11.9. The number of hydrogen-bond donors (Lipinski definition) is 3. The number of carbonyl (C=O) groups is 1. The Labute approximate surface area is 218 Å². The van der Waals surface area contributed by atoms with E-state index in [2.05, 4.69) is 0 Å². The summed E-state index contributed by atoms with van der Waals surface area (Å²) in [6.45, 7) is 2.56. The number of phenolic OH excluding ortho intramolecular Hbond substituents is 1. The minimum Gasteiger partial charge on any atom is -0.507 e. The number of carbonyl (C=O) groups excluding carboxylic acids is 1. The molecule has 2 aromatic carbocycles. The molecule has 3 rings (SSSR count). The number of benzene rings is 2. The number of halogens is 3. The SMILES string of the molecule is CC(CCc1ccc(C(N)=O)s1)N(CCc1cccc(C(F)(F)F)c1O)CC(O)COc1ccccc1. The molecule has 0 spiro atoms. The molecule has 37 heavy (non-hydrogen) atoms. The van der Waals surface area contributed by atoms with E-state index in [1.54, 1.807) is 18.2 Å². The first-order chi connectivity index (χ1) is 17.5. The smallest absolute Gasteiger partial charge is 0.419 e. The van der Waals surface area contributed by atoms with Gasteiger partial charge in [0.1, 0.15) is 24.2 Å². The van der Waals surface area contributed by atoms with E-state index in [9.17, 15) is 28.2 Å². The van der Waals surface area contributed by atoms with Crippen LogP contribution in [0.15, 0.2) is 60.7 Å². The van der Waals surface area contributed by atoms with Crippen molar-refractivity contribution in [2.45, 2.75) is 44.5 Å². The highest BCUT2D eigenvalue weighted by molar-refractivity contribution is 7.14. The Kier molecular flexibility index (Phi) is 9.96. The third-order valence-electron chi connectivity index (χ3n) is 6.06. The molecule has 1 aromatic heterocycles. The fraction of sp³-hybridized carbons (Fsp3) is 0.370. The molecule has 0 aliphatic rings. The molecule has 2 atom stereocenters. The van der Waals surface area contributed by atoms with E-state index in [0.717, 1.165) is 10.9 Å². The molecule has 10 heteroatoms. The van der Waals surface area contributed by atoms with Gasteiger partial charge < -0.3 is 20.7 Å². The maximum absolute atomic E-state index is 13.2. The number of nitrogens with zero attached hydrogens (tertiary/aromatic N) is 1. The van der Waals surface area contributed by atoms with Gasteiger partial charge in [-0.2, -0.15) is 13.2 Å². The van der Waals surface area contributed by atoms with E-state index in [1.807, 2.05) is 36.1 Å². The van der Waals surface area contributed by atoms with E-state index >= 15 is 0 Å². The number of ether oxygens (including phenoxy) is 1. The van der Waals surface area contributed by atoms with Crippen LogP contribution in [0.4, 0.5) is 13.2 Å². The number of amides is 1. The molecule has 0 aliphatic carbocycles. The fourth-order valence-electron chi connectivity index (χ4n) is 3.99. The van der Waals surface area contributed by atoms with Gasteiger partial charge in [-0.15, -0.1) is 11.3 Å². The highest BCUT2D eigenvalue weighted by atomic mass is 32.1.